The van der Waals surface area contributed by atoms with Crippen LogP contribution < -0.4 is 0 Å². The molecule has 2 rings (SSSR count). The summed E-state index contributed by atoms with van der Waals surface area (Å²) >= 11 is 0. The quantitative estimate of drug-likeness (QED) is 0.797. The molecule has 0 aliphatic heterocycles. The van der Waals surface area contributed by atoms with Gasteiger partial charge < -0.3 is 14.2 Å². The molecule has 0 fully saturated rings. The predicted octanol–water partition coefficient (Wildman–Crippen LogP) is 4.95. The van der Waals surface area contributed by atoms with Gasteiger partial charge >= 0.3 is 0 Å². The molecule has 0 N–H and O–H groups in total. The van der Waals surface area contributed by atoms with Crippen LogP contribution in [-0.2, 0) is 27.4 Å². The molecule has 0 bridgehead atoms. The minimum Gasteiger partial charge on any atom is -0.388 e. The van der Waals surface area contributed by atoms with Gasteiger partial charge in [0.2, 0.25) is 0 Å². The van der Waals surface area contributed by atoms with Gasteiger partial charge in [-0.25, -0.2) is 0 Å². The van der Waals surface area contributed by atoms with Crippen LogP contribution in [0.4, 0.5) is 0 Å². The van der Waals surface area contributed by atoms with Crippen LogP contribution in [0, 0.1) is 0 Å². The van der Waals surface area contributed by atoms with Gasteiger partial charge in [0.25, 0.3) is 0 Å². The van der Waals surface area contributed by atoms with E-state index < -0.39 is 0 Å². The van der Waals surface area contributed by atoms with Crippen molar-refractivity contribution in [2.45, 2.75) is 27.1 Å². The van der Waals surface area contributed by atoms with Crippen molar-refractivity contribution in [1.82, 2.24) is 0 Å². The van der Waals surface area contributed by atoms with Gasteiger partial charge in [0.05, 0.1) is 13.2 Å². The van der Waals surface area contributed by atoms with Crippen LogP contribution in [0.1, 0.15) is 25.0 Å². The van der Waals surface area contributed by atoms with Crippen LogP contribution in [0.15, 0.2) is 60.7 Å². The van der Waals surface area contributed by atoms with Crippen LogP contribution in [0.25, 0.3) is 0 Å². The lowest BCUT2D eigenvalue weighted by Crippen LogP contribution is -1.84. The number of rotatable bonds is 4. The van der Waals surface area contributed by atoms with E-state index in [0.717, 1.165) is 0 Å². The molecule has 2 aromatic rings. The molecular weight excluding hydrogens is 288 g/mol. The number of benzene rings is 2. The summed E-state index contributed by atoms with van der Waals surface area (Å²) < 4.78 is 14.1. The lowest BCUT2D eigenvalue weighted by atomic mass is 10.2. The molecule has 0 aromatic heterocycles. The molecule has 0 atom stereocenters. The molecule has 0 amide bonds. The molecule has 3 heteroatoms. The Labute approximate surface area is 142 Å². The molecule has 2 aromatic carbocycles. The second-order valence-electron chi connectivity index (χ2n) is 4.25. The Hall–Kier alpha value is -1.68. The Balaban J connectivity index is 0. The maximum absolute atomic E-state index is 4.93. The zero-order chi connectivity index (χ0) is 17.8. The van der Waals surface area contributed by atoms with E-state index >= 15 is 0 Å². The molecular formula is C20H32O3. The topological polar surface area (TPSA) is 27.7 Å². The molecule has 0 aliphatic carbocycles. The standard InChI is InChI=1S/2C8H10O.C2H6O.C2H6/c2*1-9-7-8-5-3-2-4-6-8;1-3-2;1-2/h2*2-6H,7H2,1H3;1-2H3;1-2H3. The molecule has 0 aliphatic rings. The third-order valence-electron chi connectivity index (χ3n) is 2.31. The minimum absolute atomic E-state index is 0.709. The van der Waals surface area contributed by atoms with Crippen molar-refractivity contribution >= 4 is 0 Å². The van der Waals surface area contributed by atoms with Crippen molar-refractivity contribution in [3.05, 3.63) is 71.8 Å². The van der Waals surface area contributed by atoms with Crippen molar-refractivity contribution in [2.24, 2.45) is 0 Å². The van der Waals surface area contributed by atoms with Crippen LogP contribution in [0.3, 0.4) is 0 Å². The first-order chi connectivity index (χ1) is 11.3. The zero-order valence-electron chi connectivity index (χ0n) is 15.4. The van der Waals surface area contributed by atoms with E-state index in [1.807, 2.05) is 74.5 Å². The van der Waals surface area contributed by atoms with Crippen LogP contribution in [0.5, 0.6) is 0 Å². The predicted molar refractivity (Wildman–Crippen MR) is 98.6 cm³/mol. The van der Waals surface area contributed by atoms with Crippen LogP contribution in [0.2, 0.25) is 0 Å². The molecule has 0 unspecified atom stereocenters. The fourth-order valence-corrected chi connectivity index (χ4v) is 1.48. The van der Waals surface area contributed by atoms with Crippen molar-refractivity contribution < 1.29 is 14.2 Å². The molecule has 0 saturated carbocycles. The van der Waals surface area contributed by atoms with E-state index in [9.17, 15) is 0 Å². The first-order valence-electron chi connectivity index (χ1n) is 7.74. The van der Waals surface area contributed by atoms with Crippen molar-refractivity contribution in [2.75, 3.05) is 28.4 Å². The molecule has 0 radical (unpaired) electrons. The third kappa shape index (κ3) is 16.5. The summed E-state index contributed by atoms with van der Waals surface area (Å²) in [5.74, 6) is 0. The van der Waals surface area contributed by atoms with Crippen LogP contribution in [-0.4, -0.2) is 28.4 Å². The summed E-state index contributed by atoms with van der Waals surface area (Å²) in [4.78, 5) is 0. The van der Waals surface area contributed by atoms with E-state index in [1.54, 1.807) is 28.4 Å². The Kier molecular flexibility index (Phi) is 20.8. The summed E-state index contributed by atoms with van der Waals surface area (Å²) in [6.07, 6.45) is 0. The van der Waals surface area contributed by atoms with Gasteiger partial charge in [-0.3, -0.25) is 0 Å². The highest BCUT2D eigenvalue weighted by atomic mass is 16.5. The second kappa shape index (κ2) is 20.3. The lowest BCUT2D eigenvalue weighted by Gasteiger charge is -1.95. The van der Waals surface area contributed by atoms with Crippen molar-refractivity contribution in [3.8, 4) is 0 Å². The smallest absolute Gasteiger partial charge is 0.0713 e. The highest BCUT2D eigenvalue weighted by molar-refractivity contribution is 5.13. The van der Waals surface area contributed by atoms with Gasteiger partial charge in [0.15, 0.2) is 0 Å². The SMILES string of the molecule is CC.COC.COCc1ccccc1.COCc1ccccc1. The Bertz CT molecular complexity index is 374. The minimum atomic E-state index is 0.709. The lowest BCUT2D eigenvalue weighted by molar-refractivity contribution is 0.185. The number of hydrogen-bond acceptors (Lipinski definition) is 3. The zero-order valence-corrected chi connectivity index (χ0v) is 15.4. The van der Waals surface area contributed by atoms with Crippen LogP contribution >= 0.6 is 0 Å². The number of methoxy groups -OCH3 is 3. The summed E-state index contributed by atoms with van der Waals surface area (Å²) in [5.41, 5.74) is 2.44. The number of hydrogen-bond donors (Lipinski definition) is 0. The van der Waals surface area contributed by atoms with Gasteiger partial charge in [-0.1, -0.05) is 74.5 Å². The maximum Gasteiger partial charge on any atom is 0.0713 e. The average Bonchev–Trinajstić information content (AvgIpc) is 2.61. The average molecular weight is 320 g/mol. The summed E-state index contributed by atoms with van der Waals surface area (Å²) in [7, 11) is 6.65. The molecule has 0 heterocycles. The van der Waals surface area contributed by atoms with E-state index in [0.29, 0.717) is 13.2 Å². The Morgan fingerprint density at radius 2 is 0.826 bits per heavy atom. The monoisotopic (exact) mass is 320 g/mol. The molecule has 0 spiro atoms. The fraction of sp³-hybridized carbons (Fsp3) is 0.400. The van der Waals surface area contributed by atoms with Crippen molar-refractivity contribution in [1.29, 1.82) is 0 Å². The highest BCUT2D eigenvalue weighted by Gasteiger charge is 1.85. The van der Waals surface area contributed by atoms with Gasteiger partial charge in [-0.2, -0.15) is 0 Å². The van der Waals surface area contributed by atoms with E-state index in [-0.39, 0.29) is 0 Å². The largest absolute Gasteiger partial charge is 0.388 e. The van der Waals surface area contributed by atoms with Gasteiger partial charge in [-0.15, -0.1) is 0 Å². The third-order valence-corrected chi connectivity index (χ3v) is 2.31. The highest BCUT2D eigenvalue weighted by Crippen LogP contribution is 1.98. The maximum atomic E-state index is 4.93. The van der Waals surface area contributed by atoms with E-state index in [2.05, 4.69) is 4.74 Å². The summed E-state index contributed by atoms with van der Waals surface area (Å²) in [6, 6.07) is 20.2. The van der Waals surface area contributed by atoms with Crippen molar-refractivity contribution in [3.63, 3.8) is 0 Å². The van der Waals surface area contributed by atoms with E-state index in [1.165, 1.54) is 11.1 Å². The molecule has 0 saturated heterocycles. The van der Waals surface area contributed by atoms with Gasteiger partial charge in [0.1, 0.15) is 0 Å². The first-order valence-corrected chi connectivity index (χ1v) is 7.74. The van der Waals surface area contributed by atoms with Gasteiger partial charge in [-0.05, 0) is 11.1 Å². The summed E-state index contributed by atoms with van der Waals surface area (Å²) in [6.45, 7) is 5.42. The second-order valence-corrected chi connectivity index (χ2v) is 4.25. The van der Waals surface area contributed by atoms with E-state index in [4.69, 9.17) is 9.47 Å². The first kappa shape index (κ1) is 23.6. The molecule has 23 heavy (non-hydrogen) atoms. The van der Waals surface area contributed by atoms with Gasteiger partial charge in [0, 0.05) is 28.4 Å². The Morgan fingerprint density at radius 3 is 1.04 bits per heavy atom. The number of ether oxygens (including phenoxy) is 3. The Morgan fingerprint density at radius 1 is 0.565 bits per heavy atom. The normalized spacial score (nSPS) is 8.43. The molecule has 3 nitrogen and oxygen atoms in total. The summed E-state index contributed by atoms with van der Waals surface area (Å²) in [5, 5.41) is 0. The fourth-order valence-electron chi connectivity index (χ4n) is 1.48. The molecule has 130 valence electrons.